The fourth-order valence-corrected chi connectivity index (χ4v) is 3.66. The van der Waals surface area contributed by atoms with Gasteiger partial charge in [-0.15, -0.1) is 11.3 Å². The van der Waals surface area contributed by atoms with Gasteiger partial charge in [-0.3, -0.25) is 9.59 Å². The van der Waals surface area contributed by atoms with Crippen LogP contribution in [0.15, 0.2) is 57.1 Å². The quantitative estimate of drug-likeness (QED) is 0.587. The third-order valence-electron chi connectivity index (χ3n) is 3.55. The zero-order valence-corrected chi connectivity index (χ0v) is 16.4. The maximum Gasteiger partial charge on any atom is 0.251 e. The molecular weight excluding hydrogens is 414 g/mol. The van der Waals surface area contributed by atoms with Crippen molar-refractivity contribution in [3.05, 3.63) is 73.3 Å². The second-order valence-corrected chi connectivity index (χ2v) is 7.98. The smallest absolute Gasteiger partial charge is 0.251 e. The van der Waals surface area contributed by atoms with Crippen LogP contribution in [-0.4, -0.2) is 15.9 Å². The first-order valence-corrected chi connectivity index (χ1v) is 9.59. The van der Waals surface area contributed by atoms with Crippen LogP contribution < -0.4 is 10.9 Å². The number of aromatic amines is 1. The molecule has 0 aliphatic heterocycles. The van der Waals surface area contributed by atoms with Crippen LogP contribution >= 0.6 is 27.3 Å². The number of anilines is 1. The molecule has 0 spiro atoms. The Hall–Kier alpha value is -2.51. The Morgan fingerprint density at radius 3 is 2.88 bits per heavy atom. The number of rotatable bonds is 5. The monoisotopic (exact) mass is 429 g/mol. The number of benzene rings is 1. The topological polar surface area (TPSA) is 74.8 Å². The predicted molar refractivity (Wildman–Crippen MR) is 109 cm³/mol. The minimum Gasteiger partial charge on any atom is -0.322 e. The molecule has 0 bridgehead atoms. The van der Waals surface area contributed by atoms with Crippen molar-refractivity contribution in [3.63, 3.8) is 0 Å². The van der Waals surface area contributed by atoms with Gasteiger partial charge in [-0.2, -0.15) is 0 Å². The van der Waals surface area contributed by atoms with Crippen molar-refractivity contribution < 1.29 is 4.79 Å². The Morgan fingerprint density at radius 2 is 2.15 bits per heavy atom. The molecule has 1 amide bonds. The summed E-state index contributed by atoms with van der Waals surface area (Å²) >= 11 is 4.94. The molecule has 132 valence electrons. The number of hydrogen-bond acceptors (Lipinski definition) is 4. The Labute approximate surface area is 163 Å². The largest absolute Gasteiger partial charge is 0.322 e. The average Bonchev–Trinajstić information content (AvgIpc) is 3.05. The maximum atomic E-state index is 12.1. The van der Waals surface area contributed by atoms with Crippen LogP contribution in [0.1, 0.15) is 17.5 Å². The Kier molecular flexibility index (Phi) is 5.80. The highest BCUT2D eigenvalue weighted by Gasteiger charge is 2.06. The summed E-state index contributed by atoms with van der Waals surface area (Å²) in [5.74, 6) is 0.264. The summed E-state index contributed by atoms with van der Waals surface area (Å²) in [7, 11) is 0. The molecule has 0 radical (unpaired) electrons. The fraction of sp³-hybridized carbons (Fsp3) is 0.105. The van der Waals surface area contributed by atoms with Crippen LogP contribution in [0.2, 0.25) is 0 Å². The fourth-order valence-electron chi connectivity index (χ4n) is 2.33. The van der Waals surface area contributed by atoms with Crippen LogP contribution in [0.4, 0.5) is 5.69 Å². The summed E-state index contributed by atoms with van der Waals surface area (Å²) in [6.45, 7) is 1.95. The lowest BCUT2D eigenvalue weighted by Gasteiger charge is -2.06. The third-order valence-corrected chi connectivity index (χ3v) is 5.14. The Morgan fingerprint density at radius 1 is 1.31 bits per heavy atom. The number of aromatic nitrogens is 2. The van der Waals surface area contributed by atoms with E-state index in [4.69, 9.17) is 0 Å². The lowest BCUT2D eigenvalue weighted by Crippen LogP contribution is -2.10. The van der Waals surface area contributed by atoms with E-state index >= 15 is 0 Å². The van der Waals surface area contributed by atoms with Crippen LogP contribution in [0.3, 0.4) is 0 Å². The van der Waals surface area contributed by atoms with Crippen LogP contribution in [0.5, 0.6) is 0 Å². The van der Waals surface area contributed by atoms with Crippen molar-refractivity contribution in [2.24, 2.45) is 0 Å². The molecule has 7 heteroatoms. The minimum absolute atomic E-state index is 0.189. The van der Waals surface area contributed by atoms with Gasteiger partial charge >= 0.3 is 0 Å². The van der Waals surface area contributed by atoms with Gasteiger partial charge in [0.2, 0.25) is 5.91 Å². The van der Waals surface area contributed by atoms with Crippen molar-refractivity contribution in [2.75, 3.05) is 5.32 Å². The number of hydrogen-bond donors (Lipinski definition) is 2. The Bertz CT molecular complexity index is 1020. The molecule has 0 saturated carbocycles. The molecule has 2 heterocycles. The van der Waals surface area contributed by atoms with Gasteiger partial charge in [-0.05, 0) is 52.7 Å². The van der Waals surface area contributed by atoms with E-state index in [1.54, 1.807) is 29.5 Å². The molecule has 3 aromatic rings. The Balaban J connectivity index is 1.77. The predicted octanol–water partition coefficient (Wildman–Crippen LogP) is 4.48. The minimum atomic E-state index is -0.226. The van der Waals surface area contributed by atoms with Crippen LogP contribution in [-0.2, 0) is 11.2 Å². The van der Waals surface area contributed by atoms with Gasteiger partial charge in [0.15, 0.2) is 0 Å². The normalized spacial score (nSPS) is 11.0. The third kappa shape index (κ3) is 4.77. The number of aryl methyl sites for hydroxylation is 1. The molecule has 2 N–H and O–H groups in total. The number of nitrogens with one attached hydrogen (secondary N) is 2. The van der Waals surface area contributed by atoms with E-state index in [0.29, 0.717) is 17.9 Å². The number of carbonyl (C=O) groups is 1. The van der Waals surface area contributed by atoms with Gasteiger partial charge < -0.3 is 10.3 Å². The second-order valence-electron chi connectivity index (χ2n) is 5.48. The molecule has 0 atom stereocenters. The highest BCUT2D eigenvalue weighted by Crippen LogP contribution is 2.23. The van der Waals surface area contributed by atoms with E-state index < -0.39 is 0 Å². The standard InChI is InChI=1S/C19H16BrN3O2S/c1-2-13-11-18(25)23-19(22-13)12-4-3-5-14(10-12)21-17(24)9-7-15-6-8-16(20)26-15/h3-11H,2H2,1H3,(H,21,24)(H,22,23,25)/b9-7+. The molecule has 26 heavy (non-hydrogen) atoms. The van der Waals surface area contributed by atoms with E-state index in [1.165, 1.54) is 12.1 Å². The van der Waals surface area contributed by atoms with E-state index in [0.717, 1.165) is 19.9 Å². The van der Waals surface area contributed by atoms with Crippen molar-refractivity contribution in [2.45, 2.75) is 13.3 Å². The molecular formula is C19H16BrN3O2S. The van der Waals surface area contributed by atoms with Crippen molar-refractivity contribution in [1.82, 2.24) is 9.97 Å². The van der Waals surface area contributed by atoms with E-state index in [9.17, 15) is 9.59 Å². The van der Waals surface area contributed by atoms with E-state index in [2.05, 4.69) is 31.2 Å². The molecule has 3 rings (SSSR count). The molecule has 0 saturated heterocycles. The van der Waals surface area contributed by atoms with Gasteiger partial charge in [0.05, 0.1) is 3.79 Å². The number of carbonyl (C=O) groups excluding carboxylic acids is 1. The lowest BCUT2D eigenvalue weighted by molar-refractivity contribution is -0.111. The number of amides is 1. The lowest BCUT2D eigenvalue weighted by atomic mass is 10.1. The molecule has 0 aliphatic carbocycles. The van der Waals surface area contributed by atoms with E-state index in [-0.39, 0.29) is 11.5 Å². The molecule has 0 fully saturated rings. The second kappa shape index (κ2) is 8.25. The summed E-state index contributed by atoms with van der Waals surface area (Å²) in [6, 6.07) is 12.6. The van der Waals surface area contributed by atoms with E-state index in [1.807, 2.05) is 31.2 Å². The van der Waals surface area contributed by atoms with Crippen LogP contribution in [0, 0.1) is 0 Å². The first kappa shape index (κ1) is 18.3. The average molecular weight is 430 g/mol. The van der Waals surface area contributed by atoms with Gasteiger partial charge in [0.25, 0.3) is 5.56 Å². The first-order valence-electron chi connectivity index (χ1n) is 7.98. The van der Waals surface area contributed by atoms with Crippen molar-refractivity contribution in [3.8, 4) is 11.4 Å². The van der Waals surface area contributed by atoms with Crippen LogP contribution in [0.25, 0.3) is 17.5 Å². The summed E-state index contributed by atoms with van der Waals surface area (Å²) in [4.78, 5) is 32.0. The SMILES string of the molecule is CCc1cc(=O)[nH]c(-c2cccc(NC(=O)/C=C/c3ccc(Br)s3)c2)n1. The van der Waals surface area contributed by atoms with Gasteiger partial charge in [-0.1, -0.05) is 19.1 Å². The molecule has 2 aromatic heterocycles. The first-order chi connectivity index (χ1) is 12.5. The molecule has 1 aromatic carbocycles. The number of thiophene rings is 1. The van der Waals surface area contributed by atoms with Gasteiger partial charge in [0.1, 0.15) is 5.82 Å². The highest BCUT2D eigenvalue weighted by molar-refractivity contribution is 9.11. The number of nitrogens with zero attached hydrogens (tertiary/aromatic N) is 1. The van der Waals surface area contributed by atoms with Gasteiger partial charge in [-0.25, -0.2) is 4.98 Å². The summed E-state index contributed by atoms with van der Waals surface area (Å²) in [5, 5.41) is 2.82. The summed E-state index contributed by atoms with van der Waals surface area (Å²) < 4.78 is 1.01. The van der Waals surface area contributed by atoms with Gasteiger partial charge in [0, 0.05) is 34.0 Å². The summed E-state index contributed by atoms with van der Waals surface area (Å²) in [6.07, 6.45) is 3.93. The zero-order valence-electron chi connectivity index (χ0n) is 14.0. The van der Waals surface area contributed by atoms with Crippen molar-refractivity contribution in [1.29, 1.82) is 0 Å². The molecule has 5 nitrogen and oxygen atoms in total. The maximum absolute atomic E-state index is 12.1. The number of H-pyrrole nitrogens is 1. The highest BCUT2D eigenvalue weighted by atomic mass is 79.9. The molecule has 0 unspecified atom stereocenters. The number of halogens is 1. The van der Waals surface area contributed by atoms with Crippen molar-refractivity contribution >= 4 is 44.9 Å². The summed E-state index contributed by atoms with van der Waals surface area (Å²) in [5.41, 5.74) is 1.91. The zero-order chi connectivity index (χ0) is 18.5. The molecule has 0 aliphatic rings.